The van der Waals surface area contributed by atoms with E-state index in [-0.39, 0.29) is 35.7 Å². The Hall–Kier alpha value is -3.46. The first-order valence-corrected chi connectivity index (χ1v) is 9.16. The molecule has 0 spiro atoms. The van der Waals surface area contributed by atoms with Crippen LogP contribution < -0.4 is 10.1 Å². The summed E-state index contributed by atoms with van der Waals surface area (Å²) >= 11 is 5.76. The van der Waals surface area contributed by atoms with Crippen molar-refractivity contribution < 1.29 is 28.8 Å². The Bertz CT molecular complexity index is 974. The Morgan fingerprint density at radius 3 is 2.40 bits per heavy atom. The van der Waals surface area contributed by atoms with Gasteiger partial charge in [0.1, 0.15) is 0 Å². The highest BCUT2D eigenvalue weighted by atomic mass is 35.5. The van der Waals surface area contributed by atoms with Crippen LogP contribution in [-0.2, 0) is 14.3 Å². The van der Waals surface area contributed by atoms with Gasteiger partial charge in [0.15, 0.2) is 18.1 Å². The molecule has 10 heteroatoms. The van der Waals surface area contributed by atoms with Gasteiger partial charge in [-0.25, -0.2) is 0 Å². The third-order valence-electron chi connectivity index (χ3n) is 4.08. The van der Waals surface area contributed by atoms with Crippen molar-refractivity contribution in [2.75, 3.05) is 19.0 Å². The lowest BCUT2D eigenvalue weighted by atomic mass is 10.1. The van der Waals surface area contributed by atoms with Crippen LogP contribution in [0.5, 0.6) is 5.75 Å². The number of nitrogens with zero attached hydrogens (tertiary/aromatic N) is 1. The molecular weight excluding hydrogens is 416 g/mol. The fourth-order valence-corrected chi connectivity index (χ4v) is 2.64. The van der Waals surface area contributed by atoms with Crippen LogP contribution in [-0.4, -0.2) is 36.3 Å². The summed E-state index contributed by atoms with van der Waals surface area (Å²) in [5.74, 6) is -1.60. The number of hydrogen-bond donors (Lipinski definition) is 1. The number of nitro groups is 1. The maximum absolute atomic E-state index is 12.0. The van der Waals surface area contributed by atoms with Gasteiger partial charge in [0.2, 0.25) is 0 Å². The molecule has 0 fully saturated rings. The van der Waals surface area contributed by atoms with Crippen molar-refractivity contribution in [3.05, 3.63) is 62.7 Å². The normalized spacial score (nSPS) is 10.2. The third kappa shape index (κ3) is 6.28. The van der Waals surface area contributed by atoms with E-state index in [0.29, 0.717) is 16.1 Å². The molecule has 0 radical (unpaired) electrons. The monoisotopic (exact) mass is 434 g/mol. The Labute approximate surface area is 177 Å². The molecule has 0 heterocycles. The van der Waals surface area contributed by atoms with E-state index >= 15 is 0 Å². The van der Waals surface area contributed by atoms with E-state index < -0.39 is 23.4 Å². The van der Waals surface area contributed by atoms with Crippen molar-refractivity contribution in [2.45, 2.75) is 19.8 Å². The zero-order valence-electron chi connectivity index (χ0n) is 16.3. The Morgan fingerprint density at radius 2 is 1.80 bits per heavy atom. The molecule has 9 nitrogen and oxygen atoms in total. The highest BCUT2D eigenvalue weighted by Gasteiger charge is 2.19. The molecule has 1 N–H and O–H groups in total. The topological polar surface area (TPSA) is 125 Å². The Morgan fingerprint density at radius 1 is 1.13 bits per heavy atom. The summed E-state index contributed by atoms with van der Waals surface area (Å²) < 4.78 is 9.84. The predicted molar refractivity (Wildman–Crippen MR) is 109 cm³/mol. The summed E-state index contributed by atoms with van der Waals surface area (Å²) in [6.45, 7) is 1.02. The zero-order valence-corrected chi connectivity index (χ0v) is 17.0. The number of nitrogens with one attached hydrogen (secondary N) is 1. The van der Waals surface area contributed by atoms with Crippen LogP contribution in [0.15, 0.2) is 36.4 Å². The Balaban J connectivity index is 1.85. The van der Waals surface area contributed by atoms with Crippen molar-refractivity contribution in [3.8, 4) is 5.75 Å². The SMILES string of the molecule is COc1cc(NC(=O)COC(=O)CCC(=O)c2ccc(Cl)cc2)c(C)cc1[N+](=O)[O-]. The van der Waals surface area contributed by atoms with Crippen molar-refractivity contribution in [3.63, 3.8) is 0 Å². The number of benzene rings is 2. The molecule has 0 saturated carbocycles. The van der Waals surface area contributed by atoms with Crippen LogP contribution in [0.3, 0.4) is 0 Å². The van der Waals surface area contributed by atoms with Gasteiger partial charge in [-0.1, -0.05) is 11.6 Å². The zero-order chi connectivity index (χ0) is 22.3. The van der Waals surface area contributed by atoms with E-state index in [1.807, 2.05) is 0 Å². The number of ketones is 1. The second kappa shape index (κ2) is 10.4. The molecule has 30 heavy (non-hydrogen) atoms. The van der Waals surface area contributed by atoms with E-state index in [4.69, 9.17) is 21.1 Å². The fraction of sp³-hybridized carbons (Fsp3) is 0.250. The van der Waals surface area contributed by atoms with Crippen LogP contribution in [0.25, 0.3) is 0 Å². The highest BCUT2D eigenvalue weighted by Crippen LogP contribution is 2.32. The fourth-order valence-electron chi connectivity index (χ4n) is 2.51. The van der Waals surface area contributed by atoms with Crippen LogP contribution in [0.4, 0.5) is 11.4 Å². The number of methoxy groups -OCH3 is 1. The predicted octanol–water partition coefficient (Wildman–Crippen LogP) is 3.71. The largest absolute Gasteiger partial charge is 0.490 e. The minimum Gasteiger partial charge on any atom is -0.490 e. The van der Waals surface area contributed by atoms with E-state index in [1.54, 1.807) is 31.2 Å². The van der Waals surface area contributed by atoms with Crippen LogP contribution >= 0.6 is 11.6 Å². The molecule has 0 saturated heterocycles. The van der Waals surface area contributed by atoms with Gasteiger partial charge in [-0.3, -0.25) is 24.5 Å². The Kier molecular flexibility index (Phi) is 7.88. The van der Waals surface area contributed by atoms with Crippen molar-refractivity contribution >= 4 is 40.6 Å². The molecule has 0 aliphatic carbocycles. The van der Waals surface area contributed by atoms with Gasteiger partial charge < -0.3 is 14.8 Å². The lowest BCUT2D eigenvalue weighted by Crippen LogP contribution is -2.21. The van der Waals surface area contributed by atoms with Gasteiger partial charge in [-0.15, -0.1) is 0 Å². The second-order valence-electron chi connectivity index (χ2n) is 6.24. The summed E-state index contributed by atoms with van der Waals surface area (Å²) in [4.78, 5) is 46.3. The molecular formula is C20H19ClN2O7. The van der Waals surface area contributed by atoms with Crippen LogP contribution in [0, 0.1) is 17.0 Å². The maximum atomic E-state index is 12.0. The molecule has 0 atom stereocenters. The number of carbonyl (C=O) groups excluding carboxylic acids is 3. The first-order valence-electron chi connectivity index (χ1n) is 8.78. The van der Waals surface area contributed by atoms with Gasteiger partial charge in [0.05, 0.1) is 18.5 Å². The number of ether oxygens (including phenoxy) is 2. The summed E-state index contributed by atoms with van der Waals surface area (Å²) in [7, 11) is 1.27. The van der Waals surface area contributed by atoms with Crippen molar-refractivity contribution in [1.29, 1.82) is 0 Å². The first-order chi connectivity index (χ1) is 14.2. The smallest absolute Gasteiger partial charge is 0.311 e. The van der Waals surface area contributed by atoms with E-state index in [1.165, 1.54) is 19.2 Å². The van der Waals surface area contributed by atoms with Gasteiger partial charge >= 0.3 is 11.7 Å². The van der Waals surface area contributed by atoms with Gasteiger partial charge in [-0.05, 0) is 36.8 Å². The molecule has 2 rings (SSSR count). The number of anilines is 1. The minimum absolute atomic E-state index is 0.0152. The number of rotatable bonds is 9. The minimum atomic E-state index is -0.703. The lowest BCUT2D eigenvalue weighted by Gasteiger charge is -2.11. The molecule has 0 unspecified atom stereocenters. The molecule has 158 valence electrons. The summed E-state index contributed by atoms with van der Waals surface area (Å²) in [6, 6.07) is 8.86. The summed E-state index contributed by atoms with van der Waals surface area (Å²) in [5.41, 5.74) is 0.921. The molecule has 0 aromatic heterocycles. The van der Waals surface area contributed by atoms with Crippen LogP contribution in [0.2, 0.25) is 5.02 Å². The van der Waals surface area contributed by atoms with Crippen LogP contribution in [0.1, 0.15) is 28.8 Å². The van der Waals surface area contributed by atoms with E-state index in [2.05, 4.69) is 5.32 Å². The number of halogens is 1. The van der Waals surface area contributed by atoms with Gasteiger partial charge in [0.25, 0.3) is 5.91 Å². The molecule has 1 amide bonds. The maximum Gasteiger partial charge on any atom is 0.311 e. The van der Waals surface area contributed by atoms with E-state index in [0.717, 1.165) is 0 Å². The number of carbonyl (C=O) groups is 3. The molecule has 2 aromatic carbocycles. The highest BCUT2D eigenvalue weighted by molar-refractivity contribution is 6.30. The average molecular weight is 435 g/mol. The summed E-state index contributed by atoms with van der Waals surface area (Å²) in [6.07, 6.45) is -0.250. The number of hydrogen-bond acceptors (Lipinski definition) is 7. The average Bonchev–Trinajstić information content (AvgIpc) is 2.72. The number of nitro benzene ring substituents is 1. The number of amides is 1. The number of Topliss-reactive ketones (excluding diaryl/α,β-unsaturated/α-hetero) is 1. The standard InChI is InChI=1S/C20H19ClN2O7/c1-12-9-16(23(27)28)18(29-2)10-15(12)22-19(25)11-30-20(26)8-7-17(24)13-3-5-14(21)6-4-13/h3-6,9-10H,7-8,11H2,1-2H3,(H,22,25). The van der Waals surface area contributed by atoms with Crippen molar-refractivity contribution in [1.82, 2.24) is 0 Å². The lowest BCUT2D eigenvalue weighted by molar-refractivity contribution is -0.385. The number of aryl methyl sites for hydroxylation is 1. The van der Waals surface area contributed by atoms with Gasteiger partial charge in [-0.2, -0.15) is 0 Å². The second-order valence-corrected chi connectivity index (χ2v) is 6.67. The molecule has 2 aromatic rings. The first kappa shape index (κ1) is 22.8. The van der Waals surface area contributed by atoms with Crippen molar-refractivity contribution in [2.24, 2.45) is 0 Å². The van der Waals surface area contributed by atoms with Gasteiger partial charge in [0, 0.05) is 34.8 Å². The molecule has 0 aliphatic rings. The third-order valence-corrected chi connectivity index (χ3v) is 4.34. The number of esters is 1. The quantitative estimate of drug-likeness (QED) is 0.276. The van der Waals surface area contributed by atoms with E-state index in [9.17, 15) is 24.5 Å². The molecule has 0 bridgehead atoms. The molecule has 0 aliphatic heterocycles. The summed E-state index contributed by atoms with van der Waals surface area (Å²) in [5, 5.41) is 14.0.